The summed E-state index contributed by atoms with van der Waals surface area (Å²) in [6.45, 7) is 1.80. The summed E-state index contributed by atoms with van der Waals surface area (Å²) in [5.41, 5.74) is 1.62. The van der Waals surface area contributed by atoms with Crippen LogP contribution in [0.4, 0.5) is 5.69 Å². The molecule has 0 fully saturated rings. The van der Waals surface area contributed by atoms with Crippen LogP contribution in [0.25, 0.3) is 5.69 Å². The number of non-ortho nitro benzene ring substituents is 1. The van der Waals surface area contributed by atoms with Crippen LogP contribution in [0.5, 0.6) is 0 Å². The van der Waals surface area contributed by atoms with Crippen LogP contribution >= 0.6 is 0 Å². The number of para-hydroxylation sites is 1. The molecule has 2 aromatic carbocycles. The molecule has 0 aliphatic heterocycles. The number of amides is 1. The molecule has 8 nitrogen and oxygen atoms in total. The summed E-state index contributed by atoms with van der Waals surface area (Å²) in [4.78, 5) is 26.1. The lowest BCUT2D eigenvalue weighted by atomic mass is 10.1. The average molecular weight is 351 g/mol. The molecule has 0 unspecified atom stereocenters. The third-order valence-corrected chi connectivity index (χ3v) is 4.16. The predicted molar refractivity (Wildman–Crippen MR) is 95.0 cm³/mol. The lowest BCUT2D eigenvalue weighted by molar-refractivity contribution is -0.384. The van der Waals surface area contributed by atoms with E-state index < -0.39 is 4.92 Å². The Morgan fingerprint density at radius 3 is 2.62 bits per heavy atom. The van der Waals surface area contributed by atoms with Gasteiger partial charge in [-0.25, -0.2) is 0 Å². The third kappa shape index (κ3) is 3.44. The Morgan fingerprint density at radius 2 is 1.92 bits per heavy atom. The SMILES string of the molecule is C[C@H](c1cccc([N+](=O)[O-])c1)N(C)C(=O)c1cnn(-c2ccccc2)n1. The van der Waals surface area contributed by atoms with E-state index in [0.29, 0.717) is 5.56 Å². The fraction of sp³-hybridized carbons (Fsp3) is 0.167. The molecule has 132 valence electrons. The van der Waals surface area contributed by atoms with Crippen molar-refractivity contribution in [2.75, 3.05) is 7.05 Å². The van der Waals surface area contributed by atoms with Gasteiger partial charge in [-0.1, -0.05) is 30.3 Å². The molecule has 3 rings (SSSR count). The van der Waals surface area contributed by atoms with E-state index in [1.54, 1.807) is 26.1 Å². The molecule has 8 heteroatoms. The molecule has 26 heavy (non-hydrogen) atoms. The van der Waals surface area contributed by atoms with Gasteiger partial charge in [0.25, 0.3) is 11.6 Å². The summed E-state index contributed by atoms with van der Waals surface area (Å²) in [6, 6.07) is 15.2. The summed E-state index contributed by atoms with van der Waals surface area (Å²) in [5, 5.41) is 19.3. The van der Waals surface area contributed by atoms with Gasteiger partial charge in [0.15, 0.2) is 5.69 Å². The fourth-order valence-corrected chi connectivity index (χ4v) is 2.53. The standard InChI is InChI=1S/C18H17N5O3/c1-13(14-7-6-10-16(11-14)23(25)26)21(2)18(24)17-12-19-22(20-17)15-8-4-3-5-9-15/h3-13H,1-2H3/t13-/m1/s1. The molecule has 0 bridgehead atoms. The van der Waals surface area contributed by atoms with E-state index >= 15 is 0 Å². The number of nitrogens with zero attached hydrogens (tertiary/aromatic N) is 5. The van der Waals surface area contributed by atoms with E-state index in [1.807, 2.05) is 30.3 Å². The monoisotopic (exact) mass is 351 g/mol. The highest BCUT2D eigenvalue weighted by molar-refractivity contribution is 5.92. The Balaban J connectivity index is 1.80. The Bertz CT molecular complexity index is 939. The quantitative estimate of drug-likeness (QED) is 0.520. The first kappa shape index (κ1) is 17.3. The first-order chi connectivity index (χ1) is 12.5. The lowest BCUT2D eigenvalue weighted by Gasteiger charge is -2.24. The first-order valence-electron chi connectivity index (χ1n) is 7.96. The number of carbonyl (C=O) groups is 1. The Kier molecular flexibility index (Phi) is 4.74. The van der Waals surface area contributed by atoms with Crippen LogP contribution in [0, 0.1) is 10.1 Å². The summed E-state index contributed by atoms with van der Waals surface area (Å²) >= 11 is 0. The van der Waals surface area contributed by atoms with E-state index in [9.17, 15) is 14.9 Å². The zero-order chi connectivity index (χ0) is 18.7. The van der Waals surface area contributed by atoms with Crippen molar-refractivity contribution in [3.05, 3.63) is 82.2 Å². The molecule has 1 heterocycles. The minimum atomic E-state index is -0.455. The molecule has 0 aliphatic carbocycles. The normalized spacial score (nSPS) is 11.8. The van der Waals surface area contributed by atoms with Gasteiger partial charge in [0, 0.05) is 19.2 Å². The van der Waals surface area contributed by atoms with Crippen LogP contribution in [-0.2, 0) is 0 Å². The maximum atomic E-state index is 12.7. The fourth-order valence-electron chi connectivity index (χ4n) is 2.53. The van der Waals surface area contributed by atoms with Crippen molar-refractivity contribution in [2.24, 2.45) is 0 Å². The molecule has 3 aromatic rings. The van der Waals surface area contributed by atoms with Crippen LogP contribution in [-0.4, -0.2) is 37.8 Å². The zero-order valence-corrected chi connectivity index (χ0v) is 14.3. The van der Waals surface area contributed by atoms with Gasteiger partial charge in [0.1, 0.15) is 0 Å². The largest absolute Gasteiger partial charge is 0.333 e. The lowest BCUT2D eigenvalue weighted by Crippen LogP contribution is -2.30. The van der Waals surface area contributed by atoms with Gasteiger partial charge in [0.2, 0.25) is 0 Å². The summed E-state index contributed by atoms with van der Waals surface area (Å²) < 4.78 is 0. The second kappa shape index (κ2) is 7.14. The number of nitro benzene ring substituents is 1. The smallest absolute Gasteiger partial charge is 0.276 e. The summed E-state index contributed by atoms with van der Waals surface area (Å²) in [5.74, 6) is -0.314. The molecule has 0 spiro atoms. The molecule has 1 aromatic heterocycles. The number of aromatic nitrogens is 3. The van der Waals surface area contributed by atoms with Gasteiger partial charge < -0.3 is 4.90 Å². The molecule has 0 radical (unpaired) electrons. The van der Waals surface area contributed by atoms with Crippen molar-refractivity contribution < 1.29 is 9.72 Å². The number of hydrogen-bond acceptors (Lipinski definition) is 5. The number of hydrogen-bond donors (Lipinski definition) is 0. The Hall–Kier alpha value is -3.55. The number of carbonyl (C=O) groups excluding carboxylic acids is 1. The van der Waals surface area contributed by atoms with Crippen LogP contribution in [0.3, 0.4) is 0 Å². The van der Waals surface area contributed by atoms with Crippen LogP contribution in [0.15, 0.2) is 60.8 Å². The molecule has 1 amide bonds. The van der Waals surface area contributed by atoms with Crippen molar-refractivity contribution in [3.63, 3.8) is 0 Å². The number of benzene rings is 2. The summed E-state index contributed by atoms with van der Waals surface area (Å²) in [7, 11) is 1.63. The molecular formula is C18H17N5O3. The third-order valence-electron chi connectivity index (χ3n) is 4.16. The summed E-state index contributed by atoms with van der Waals surface area (Å²) in [6.07, 6.45) is 1.41. The second-order valence-corrected chi connectivity index (χ2v) is 5.80. The first-order valence-corrected chi connectivity index (χ1v) is 7.96. The van der Waals surface area contributed by atoms with Gasteiger partial charge in [-0.3, -0.25) is 14.9 Å². The van der Waals surface area contributed by atoms with E-state index in [1.165, 1.54) is 28.0 Å². The number of nitro groups is 1. The van der Waals surface area contributed by atoms with Crippen molar-refractivity contribution in [1.82, 2.24) is 19.9 Å². The molecule has 0 aliphatic rings. The van der Waals surface area contributed by atoms with Crippen LogP contribution < -0.4 is 0 Å². The van der Waals surface area contributed by atoms with Crippen LogP contribution in [0.1, 0.15) is 29.0 Å². The predicted octanol–water partition coefficient (Wildman–Crippen LogP) is 3.01. The Morgan fingerprint density at radius 1 is 1.19 bits per heavy atom. The highest BCUT2D eigenvalue weighted by Crippen LogP contribution is 2.24. The minimum absolute atomic E-state index is 0.00905. The van der Waals surface area contributed by atoms with E-state index in [-0.39, 0.29) is 23.3 Å². The van der Waals surface area contributed by atoms with Gasteiger partial charge >= 0.3 is 0 Å². The number of rotatable bonds is 5. The van der Waals surface area contributed by atoms with E-state index in [4.69, 9.17) is 0 Å². The minimum Gasteiger partial charge on any atom is -0.333 e. The maximum absolute atomic E-state index is 12.7. The molecule has 0 saturated carbocycles. The molecule has 0 saturated heterocycles. The van der Waals surface area contributed by atoms with Crippen molar-refractivity contribution >= 4 is 11.6 Å². The Labute approximate surface area is 149 Å². The highest BCUT2D eigenvalue weighted by atomic mass is 16.6. The van der Waals surface area contributed by atoms with Gasteiger partial charge in [0.05, 0.1) is 22.8 Å². The highest BCUT2D eigenvalue weighted by Gasteiger charge is 2.22. The van der Waals surface area contributed by atoms with Gasteiger partial charge in [-0.05, 0) is 24.6 Å². The topological polar surface area (TPSA) is 94.2 Å². The second-order valence-electron chi connectivity index (χ2n) is 5.80. The van der Waals surface area contributed by atoms with Crippen molar-refractivity contribution in [2.45, 2.75) is 13.0 Å². The zero-order valence-electron chi connectivity index (χ0n) is 14.3. The van der Waals surface area contributed by atoms with E-state index in [2.05, 4.69) is 10.2 Å². The van der Waals surface area contributed by atoms with Crippen molar-refractivity contribution in [3.8, 4) is 5.69 Å². The van der Waals surface area contributed by atoms with E-state index in [0.717, 1.165) is 5.69 Å². The molecule has 1 atom stereocenters. The average Bonchev–Trinajstić information content (AvgIpc) is 3.17. The van der Waals surface area contributed by atoms with Crippen molar-refractivity contribution in [1.29, 1.82) is 0 Å². The molecular weight excluding hydrogens is 334 g/mol. The van der Waals surface area contributed by atoms with Crippen LogP contribution in [0.2, 0.25) is 0 Å². The maximum Gasteiger partial charge on any atom is 0.276 e. The molecule has 0 N–H and O–H groups in total. The van der Waals surface area contributed by atoms with Gasteiger partial charge in [-0.2, -0.15) is 9.90 Å². The van der Waals surface area contributed by atoms with Gasteiger partial charge in [-0.15, -0.1) is 5.10 Å².